The molecule has 7 aromatic rings. The summed E-state index contributed by atoms with van der Waals surface area (Å²) in [5, 5.41) is 0. The molecule has 1 heteroatoms. The summed E-state index contributed by atoms with van der Waals surface area (Å²) in [5.74, 6) is 0. The largest absolute Gasteiger partial charge is 0.309 e. The number of rotatable bonds is 4. The van der Waals surface area contributed by atoms with Crippen LogP contribution in [0.5, 0.6) is 0 Å². The van der Waals surface area contributed by atoms with Crippen LogP contribution in [0.25, 0.3) is 44.5 Å². The molecule has 0 bridgehead atoms. The van der Waals surface area contributed by atoms with Crippen LogP contribution in [0.1, 0.15) is 124 Å². The SMILES string of the molecule is Cc1ccc2c(c1)C(C)(C)c1cc(C)cc(N(c3ccc(-c4ccc5c(c4)C(C)(C)c4cc(C(C)(C)C)ccc4-5)cc3)c3cc(C)cc4c3-c3ccc(C)cc3C4(C)C)c1-2. The summed E-state index contributed by atoms with van der Waals surface area (Å²) in [5.41, 5.74) is 29.0. The smallest absolute Gasteiger partial charge is 0.0546 e. The quantitative estimate of drug-likeness (QED) is 0.172. The topological polar surface area (TPSA) is 3.24 Å². The van der Waals surface area contributed by atoms with Crippen LogP contribution >= 0.6 is 0 Å². The minimum absolute atomic E-state index is 0.0824. The van der Waals surface area contributed by atoms with Crippen molar-refractivity contribution in [2.24, 2.45) is 0 Å². The Morgan fingerprint density at radius 2 is 0.767 bits per heavy atom. The third-order valence-corrected chi connectivity index (χ3v) is 14.6. The number of hydrogen-bond acceptors (Lipinski definition) is 1. The van der Waals surface area contributed by atoms with Crippen molar-refractivity contribution < 1.29 is 0 Å². The highest BCUT2D eigenvalue weighted by Gasteiger charge is 2.42. The van der Waals surface area contributed by atoms with Gasteiger partial charge < -0.3 is 4.90 Å². The third kappa shape index (κ3) is 5.50. The van der Waals surface area contributed by atoms with Gasteiger partial charge in [-0.05, 0) is 147 Å². The van der Waals surface area contributed by atoms with E-state index in [1.807, 2.05) is 0 Å². The normalized spacial score (nSPS) is 15.8. The van der Waals surface area contributed by atoms with E-state index in [2.05, 4.69) is 216 Å². The lowest BCUT2D eigenvalue weighted by Gasteiger charge is -2.32. The van der Waals surface area contributed by atoms with Gasteiger partial charge in [0.1, 0.15) is 0 Å². The highest BCUT2D eigenvalue weighted by molar-refractivity contribution is 6.01. The first-order valence-corrected chi connectivity index (χ1v) is 22.0. The van der Waals surface area contributed by atoms with Gasteiger partial charge in [-0.2, -0.15) is 0 Å². The van der Waals surface area contributed by atoms with Crippen LogP contribution in [0.4, 0.5) is 17.1 Å². The van der Waals surface area contributed by atoms with Crippen molar-refractivity contribution in [2.75, 3.05) is 4.90 Å². The highest BCUT2D eigenvalue weighted by atomic mass is 15.1. The zero-order valence-electron chi connectivity index (χ0n) is 38.0. The van der Waals surface area contributed by atoms with E-state index in [4.69, 9.17) is 0 Å². The van der Waals surface area contributed by atoms with E-state index in [-0.39, 0.29) is 21.7 Å². The second-order valence-corrected chi connectivity index (χ2v) is 21.0. The van der Waals surface area contributed by atoms with Crippen molar-refractivity contribution in [3.05, 3.63) is 183 Å². The number of aryl methyl sites for hydroxylation is 4. The molecule has 7 aromatic carbocycles. The van der Waals surface area contributed by atoms with Gasteiger partial charge in [0.2, 0.25) is 0 Å². The minimum atomic E-state index is -0.122. The molecule has 0 fully saturated rings. The van der Waals surface area contributed by atoms with Crippen LogP contribution < -0.4 is 4.90 Å². The monoisotopic (exact) mass is 781 g/mol. The second-order valence-electron chi connectivity index (χ2n) is 21.0. The fourth-order valence-electron chi connectivity index (χ4n) is 11.1. The van der Waals surface area contributed by atoms with Gasteiger partial charge >= 0.3 is 0 Å². The molecule has 0 radical (unpaired) electrons. The Bertz CT molecular complexity index is 2840. The van der Waals surface area contributed by atoms with E-state index in [0.29, 0.717) is 0 Å². The fourth-order valence-corrected chi connectivity index (χ4v) is 11.1. The molecule has 0 amide bonds. The summed E-state index contributed by atoms with van der Waals surface area (Å²) in [6.07, 6.45) is 0. The van der Waals surface area contributed by atoms with Crippen LogP contribution in [0.2, 0.25) is 0 Å². The minimum Gasteiger partial charge on any atom is -0.309 e. The van der Waals surface area contributed by atoms with Gasteiger partial charge in [-0.15, -0.1) is 0 Å². The summed E-state index contributed by atoms with van der Waals surface area (Å²) < 4.78 is 0. The van der Waals surface area contributed by atoms with E-state index in [1.165, 1.54) is 123 Å². The number of fused-ring (bicyclic) bond motifs is 9. The summed E-state index contributed by atoms with van der Waals surface area (Å²) >= 11 is 0. The maximum atomic E-state index is 2.60. The van der Waals surface area contributed by atoms with Crippen molar-refractivity contribution >= 4 is 17.1 Å². The van der Waals surface area contributed by atoms with Gasteiger partial charge in [-0.25, -0.2) is 0 Å². The highest BCUT2D eigenvalue weighted by Crippen LogP contribution is 2.59. The second kappa shape index (κ2) is 12.7. The Morgan fingerprint density at radius 1 is 0.367 bits per heavy atom. The first-order chi connectivity index (χ1) is 28.3. The van der Waals surface area contributed by atoms with Gasteiger partial charge in [-0.3, -0.25) is 0 Å². The number of benzene rings is 7. The number of hydrogen-bond donors (Lipinski definition) is 0. The standard InChI is InChI=1S/C59H59N/c1-34-14-22-44-46(26-34)58(10,11)50-28-36(3)30-52(54(44)50)60(53-31-37(4)29-51-55(53)45-23-15-35(2)27-47(45)59(51,12)13)41-20-16-38(17-21-41)39-18-24-42-43-25-19-40(56(5,6)7)33-49(43)57(8,9)48(42)32-39/h14-33H,1-13H3. The van der Waals surface area contributed by atoms with Crippen molar-refractivity contribution in [1.82, 2.24) is 0 Å². The zero-order chi connectivity index (χ0) is 42.4. The summed E-state index contributed by atoms with van der Waals surface area (Å²) in [6.45, 7) is 30.4. The lowest BCUT2D eigenvalue weighted by molar-refractivity contribution is 0.584. The fraction of sp³-hybridized carbons (Fsp3) is 0.288. The van der Waals surface area contributed by atoms with Crippen LogP contribution in [0, 0.1) is 27.7 Å². The molecule has 60 heavy (non-hydrogen) atoms. The van der Waals surface area contributed by atoms with E-state index >= 15 is 0 Å². The lowest BCUT2D eigenvalue weighted by Crippen LogP contribution is -2.18. The average molecular weight is 782 g/mol. The van der Waals surface area contributed by atoms with Gasteiger partial charge in [0, 0.05) is 33.1 Å². The van der Waals surface area contributed by atoms with Crippen molar-refractivity contribution in [1.29, 1.82) is 0 Å². The summed E-state index contributed by atoms with van der Waals surface area (Å²) in [6, 6.07) is 47.7. The van der Waals surface area contributed by atoms with Gasteiger partial charge in [0.15, 0.2) is 0 Å². The van der Waals surface area contributed by atoms with E-state index in [0.717, 1.165) is 0 Å². The van der Waals surface area contributed by atoms with E-state index < -0.39 is 0 Å². The van der Waals surface area contributed by atoms with Crippen LogP contribution in [-0.2, 0) is 21.7 Å². The molecular formula is C59H59N. The molecule has 0 N–H and O–H groups in total. The van der Waals surface area contributed by atoms with E-state index in [9.17, 15) is 0 Å². The molecule has 0 aliphatic heterocycles. The lowest BCUT2D eigenvalue weighted by atomic mass is 9.78. The van der Waals surface area contributed by atoms with Gasteiger partial charge in [0.25, 0.3) is 0 Å². The first kappa shape index (κ1) is 38.5. The Hall–Kier alpha value is -5.66. The molecule has 0 saturated carbocycles. The Kier molecular flexibility index (Phi) is 8.15. The molecule has 0 aromatic heterocycles. The molecule has 0 spiro atoms. The summed E-state index contributed by atoms with van der Waals surface area (Å²) in [7, 11) is 0. The maximum Gasteiger partial charge on any atom is 0.0546 e. The van der Waals surface area contributed by atoms with Gasteiger partial charge in [0.05, 0.1) is 11.4 Å². The average Bonchev–Trinajstić information content (AvgIpc) is 3.66. The van der Waals surface area contributed by atoms with Crippen molar-refractivity contribution in [3.8, 4) is 44.5 Å². The van der Waals surface area contributed by atoms with Gasteiger partial charge in [-0.1, -0.05) is 164 Å². The molecule has 3 aliphatic rings. The van der Waals surface area contributed by atoms with Crippen LogP contribution in [0.15, 0.2) is 121 Å². The molecule has 1 nitrogen and oxygen atoms in total. The van der Waals surface area contributed by atoms with Crippen LogP contribution in [0.3, 0.4) is 0 Å². The Morgan fingerprint density at radius 3 is 1.27 bits per heavy atom. The number of anilines is 3. The molecule has 0 saturated heterocycles. The Balaban J connectivity index is 1.17. The first-order valence-electron chi connectivity index (χ1n) is 22.0. The molecule has 0 atom stereocenters. The number of nitrogens with zero attached hydrogens (tertiary/aromatic N) is 1. The molecule has 0 unspecified atom stereocenters. The van der Waals surface area contributed by atoms with Crippen molar-refractivity contribution in [3.63, 3.8) is 0 Å². The summed E-state index contributed by atoms with van der Waals surface area (Å²) in [4.78, 5) is 2.60. The van der Waals surface area contributed by atoms with Crippen molar-refractivity contribution in [2.45, 2.75) is 112 Å². The predicted molar refractivity (Wildman–Crippen MR) is 257 cm³/mol. The molecule has 3 aliphatic carbocycles. The van der Waals surface area contributed by atoms with Crippen LogP contribution in [-0.4, -0.2) is 0 Å². The van der Waals surface area contributed by atoms with E-state index in [1.54, 1.807) is 0 Å². The zero-order valence-corrected chi connectivity index (χ0v) is 38.0. The molecule has 0 heterocycles. The molecular weight excluding hydrogens is 723 g/mol. The maximum absolute atomic E-state index is 2.60. The predicted octanol–water partition coefficient (Wildman–Crippen LogP) is 16.3. The third-order valence-electron chi connectivity index (χ3n) is 14.6. The molecule has 300 valence electrons. The molecule has 10 rings (SSSR count). The Labute approximate surface area is 359 Å².